The van der Waals surface area contributed by atoms with E-state index < -0.39 is 11.9 Å². The van der Waals surface area contributed by atoms with Gasteiger partial charge in [-0.3, -0.25) is 9.59 Å². The van der Waals surface area contributed by atoms with Crippen LogP contribution in [0.3, 0.4) is 0 Å². The van der Waals surface area contributed by atoms with E-state index in [1.165, 1.54) is 11.1 Å². The third kappa shape index (κ3) is 3.35. The standard InChI is InChI=1S/C20H32N2O3/c1-11(2)16-14-5-6-15(16)18(20(24)25)17(14)19(23)21-13-7-9-22(10-8-13)12(3)4/h12-15,17-18H,5-10H2,1-4H3,(H,21,23)(H,24,25)/t14-,15+,17+,18-/m0/s1. The van der Waals surface area contributed by atoms with Crippen LogP contribution in [0.25, 0.3) is 0 Å². The van der Waals surface area contributed by atoms with Crippen molar-refractivity contribution in [2.75, 3.05) is 13.1 Å². The van der Waals surface area contributed by atoms with E-state index >= 15 is 0 Å². The summed E-state index contributed by atoms with van der Waals surface area (Å²) in [7, 11) is 0. The summed E-state index contributed by atoms with van der Waals surface area (Å²) in [4.78, 5) is 27.3. The molecule has 0 aromatic rings. The van der Waals surface area contributed by atoms with E-state index in [0.29, 0.717) is 6.04 Å². The lowest BCUT2D eigenvalue weighted by molar-refractivity contribution is -0.149. The number of carbonyl (C=O) groups is 2. The fraction of sp³-hybridized carbons (Fsp3) is 0.800. The summed E-state index contributed by atoms with van der Waals surface area (Å²) in [6, 6.07) is 0.727. The molecule has 5 heteroatoms. The average molecular weight is 348 g/mol. The summed E-state index contributed by atoms with van der Waals surface area (Å²) >= 11 is 0. The number of nitrogens with zero attached hydrogens (tertiary/aromatic N) is 1. The monoisotopic (exact) mass is 348 g/mol. The van der Waals surface area contributed by atoms with Crippen LogP contribution in [-0.4, -0.2) is 47.1 Å². The first-order valence-corrected chi connectivity index (χ1v) is 9.75. The number of carboxylic acids is 1. The Kier molecular flexibility index (Phi) is 5.24. The average Bonchev–Trinajstić information content (AvgIpc) is 3.11. The predicted molar refractivity (Wildman–Crippen MR) is 97.1 cm³/mol. The molecule has 0 aromatic carbocycles. The van der Waals surface area contributed by atoms with Gasteiger partial charge in [-0.15, -0.1) is 0 Å². The summed E-state index contributed by atoms with van der Waals surface area (Å²) in [6.07, 6.45) is 3.79. The van der Waals surface area contributed by atoms with E-state index in [-0.39, 0.29) is 29.7 Å². The highest BCUT2D eigenvalue weighted by Gasteiger charge is 2.57. The minimum absolute atomic E-state index is 0.0265. The van der Waals surface area contributed by atoms with Crippen LogP contribution in [0.2, 0.25) is 0 Å². The maximum atomic E-state index is 13.0. The molecule has 3 rings (SSSR count). The van der Waals surface area contributed by atoms with E-state index in [4.69, 9.17) is 0 Å². The van der Waals surface area contributed by atoms with Gasteiger partial charge in [-0.2, -0.15) is 0 Å². The van der Waals surface area contributed by atoms with Crippen molar-refractivity contribution in [1.29, 1.82) is 0 Å². The summed E-state index contributed by atoms with van der Waals surface area (Å²) in [5.74, 6) is -1.57. The van der Waals surface area contributed by atoms with E-state index in [0.717, 1.165) is 38.8 Å². The number of fused-ring (bicyclic) bond motifs is 2. The third-order valence-electron chi connectivity index (χ3n) is 6.61. The van der Waals surface area contributed by atoms with Gasteiger partial charge in [0.15, 0.2) is 0 Å². The van der Waals surface area contributed by atoms with E-state index in [1.54, 1.807) is 0 Å². The number of rotatable bonds is 4. The molecule has 0 radical (unpaired) electrons. The highest BCUT2D eigenvalue weighted by Crippen LogP contribution is 2.57. The molecule has 0 aromatic heterocycles. The molecule has 1 aliphatic heterocycles. The summed E-state index contributed by atoms with van der Waals surface area (Å²) in [5.41, 5.74) is 2.46. The number of likely N-dealkylation sites (tertiary alicyclic amines) is 1. The van der Waals surface area contributed by atoms with Crippen LogP contribution in [0.5, 0.6) is 0 Å². The Balaban J connectivity index is 1.69. The van der Waals surface area contributed by atoms with Crippen molar-refractivity contribution in [3.8, 4) is 0 Å². The van der Waals surface area contributed by atoms with E-state index in [2.05, 4.69) is 37.9 Å². The predicted octanol–water partition coefficient (Wildman–Crippen LogP) is 2.67. The first-order valence-electron chi connectivity index (χ1n) is 9.75. The van der Waals surface area contributed by atoms with Crippen LogP contribution in [0.15, 0.2) is 11.1 Å². The van der Waals surface area contributed by atoms with Gasteiger partial charge in [0.05, 0.1) is 11.8 Å². The van der Waals surface area contributed by atoms with Gasteiger partial charge in [-0.05, 0) is 65.2 Å². The second kappa shape index (κ2) is 7.10. The number of hydrogen-bond donors (Lipinski definition) is 2. The van der Waals surface area contributed by atoms with Crippen LogP contribution in [-0.2, 0) is 9.59 Å². The molecule has 0 unspecified atom stereocenters. The minimum atomic E-state index is -0.805. The minimum Gasteiger partial charge on any atom is -0.481 e. The van der Waals surface area contributed by atoms with Gasteiger partial charge in [0.2, 0.25) is 5.91 Å². The van der Waals surface area contributed by atoms with Crippen molar-refractivity contribution in [3.63, 3.8) is 0 Å². The summed E-state index contributed by atoms with van der Waals surface area (Å²) in [6.45, 7) is 10.5. The highest BCUT2D eigenvalue weighted by atomic mass is 16.4. The van der Waals surface area contributed by atoms with Crippen LogP contribution in [0.1, 0.15) is 53.4 Å². The second-order valence-corrected chi connectivity index (χ2v) is 8.55. The van der Waals surface area contributed by atoms with E-state index in [1.807, 2.05) is 0 Å². The van der Waals surface area contributed by atoms with Crippen molar-refractivity contribution < 1.29 is 14.7 Å². The number of aliphatic carboxylic acids is 1. The first kappa shape index (κ1) is 18.4. The normalized spacial score (nSPS) is 33.1. The fourth-order valence-corrected chi connectivity index (χ4v) is 5.46. The number of allylic oxidation sites excluding steroid dienone is 2. The van der Waals surface area contributed by atoms with Gasteiger partial charge in [0.1, 0.15) is 0 Å². The zero-order valence-corrected chi connectivity index (χ0v) is 15.9. The quantitative estimate of drug-likeness (QED) is 0.767. The molecule has 2 saturated carbocycles. The van der Waals surface area contributed by atoms with Crippen molar-refractivity contribution in [2.45, 2.75) is 65.5 Å². The number of nitrogens with one attached hydrogen (secondary N) is 1. The zero-order chi connectivity index (χ0) is 18.3. The Morgan fingerprint density at radius 1 is 1.04 bits per heavy atom. The lowest BCUT2D eigenvalue weighted by atomic mass is 9.78. The van der Waals surface area contributed by atoms with Crippen molar-refractivity contribution in [2.24, 2.45) is 23.7 Å². The molecule has 5 nitrogen and oxygen atoms in total. The number of piperidine rings is 1. The molecule has 140 valence electrons. The molecule has 1 amide bonds. The van der Waals surface area contributed by atoms with Gasteiger partial charge in [0.25, 0.3) is 0 Å². The maximum Gasteiger partial charge on any atom is 0.307 e. The lowest BCUT2D eigenvalue weighted by Crippen LogP contribution is -2.50. The van der Waals surface area contributed by atoms with Crippen LogP contribution >= 0.6 is 0 Å². The number of carbonyl (C=O) groups excluding carboxylic acids is 1. The van der Waals surface area contributed by atoms with Crippen LogP contribution < -0.4 is 5.32 Å². The molecule has 0 spiro atoms. The smallest absolute Gasteiger partial charge is 0.307 e. The molecule has 3 aliphatic rings. The van der Waals surface area contributed by atoms with Gasteiger partial charge in [-0.25, -0.2) is 0 Å². The summed E-state index contributed by atoms with van der Waals surface area (Å²) in [5, 5.41) is 12.9. The van der Waals surface area contributed by atoms with Gasteiger partial charge in [-0.1, -0.05) is 11.1 Å². The molecule has 25 heavy (non-hydrogen) atoms. The Labute approximate surface area is 150 Å². The maximum absolute atomic E-state index is 13.0. The lowest BCUT2D eigenvalue weighted by Gasteiger charge is -2.36. The molecule has 2 aliphatic carbocycles. The fourth-order valence-electron chi connectivity index (χ4n) is 5.46. The molecule has 2 N–H and O–H groups in total. The largest absolute Gasteiger partial charge is 0.481 e. The topological polar surface area (TPSA) is 69.6 Å². The van der Waals surface area contributed by atoms with Crippen molar-refractivity contribution in [1.82, 2.24) is 10.2 Å². The summed E-state index contributed by atoms with van der Waals surface area (Å²) < 4.78 is 0. The van der Waals surface area contributed by atoms with Gasteiger partial charge in [0, 0.05) is 25.2 Å². The number of hydrogen-bond acceptors (Lipinski definition) is 3. The Morgan fingerprint density at radius 2 is 1.60 bits per heavy atom. The van der Waals surface area contributed by atoms with Crippen LogP contribution in [0, 0.1) is 23.7 Å². The molecule has 1 heterocycles. The third-order valence-corrected chi connectivity index (χ3v) is 6.61. The van der Waals surface area contributed by atoms with Gasteiger partial charge >= 0.3 is 5.97 Å². The number of carboxylic acid groups (broad SMARTS) is 1. The molecule has 2 bridgehead atoms. The van der Waals surface area contributed by atoms with Crippen LogP contribution in [0.4, 0.5) is 0 Å². The van der Waals surface area contributed by atoms with Gasteiger partial charge < -0.3 is 15.3 Å². The van der Waals surface area contributed by atoms with Crippen molar-refractivity contribution >= 4 is 11.9 Å². The highest BCUT2D eigenvalue weighted by molar-refractivity contribution is 5.87. The Bertz CT molecular complexity index is 571. The first-order chi connectivity index (χ1) is 11.8. The molecule has 1 saturated heterocycles. The zero-order valence-electron chi connectivity index (χ0n) is 15.9. The Morgan fingerprint density at radius 3 is 2.08 bits per heavy atom. The molecular weight excluding hydrogens is 316 g/mol. The number of amides is 1. The molecule has 3 fully saturated rings. The van der Waals surface area contributed by atoms with E-state index in [9.17, 15) is 14.7 Å². The SMILES string of the molecule is CC(C)=C1[C@H]2CC[C@@H]1[C@@H](C(=O)NC1CCN(C(C)C)CC1)[C@H]2C(=O)O. The molecule has 4 atom stereocenters. The second-order valence-electron chi connectivity index (χ2n) is 8.55. The molecular formula is C20H32N2O3. The van der Waals surface area contributed by atoms with Crippen molar-refractivity contribution in [3.05, 3.63) is 11.1 Å². The Hall–Kier alpha value is -1.36.